The van der Waals surface area contributed by atoms with E-state index in [9.17, 15) is 4.79 Å². The predicted octanol–water partition coefficient (Wildman–Crippen LogP) is 3.94. The molecule has 0 unspecified atom stereocenters. The number of nitrogens with one attached hydrogen (secondary N) is 1. The van der Waals surface area contributed by atoms with Crippen LogP contribution in [-0.2, 0) is 4.79 Å². The lowest BCUT2D eigenvalue weighted by atomic mass is 10.1. The molecule has 0 bridgehead atoms. The van der Waals surface area contributed by atoms with Crippen LogP contribution in [0.15, 0.2) is 76.8 Å². The van der Waals surface area contributed by atoms with Crippen LogP contribution in [0.3, 0.4) is 0 Å². The topological polar surface area (TPSA) is 71.3 Å². The summed E-state index contributed by atoms with van der Waals surface area (Å²) in [5.41, 5.74) is 4.95. The number of aromatic nitrogens is 2. The number of rotatable bonds is 5. The van der Waals surface area contributed by atoms with Crippen molar-refractivity contribution in [2.24, 2.45) is 0 Å². The van der Waals surface area contributed by atoms with Crippen molar-refractivity contribution < 1.29 is 9.21 Å². The summed E-state index contributed by atoms with van der Waals surface area (Å²) in [6.45, 7) is 0. The van der Waals surface area contributed by atoms with Crippen LogP contribution in [0, 0.1) is 0 Å². The highest BCUT2D eigenvalue weighted by molar-refractivity contribution is 7.99. The molecule has 136 valence electrons. The Balaban J connectivity index is 1.54. The average Bonchev–Trinajstić information content (AvgIpc) is 3.37. The van der Waals surface area contributed by atoms with E-state index in [1.54, 1.807) is 35.8 Å². The first kappa shape index (κ1) is 17.6. The zero-order valence-electron chi connectivity index (χ0n) is 14.1. The summed E-state index contributed by atoms with van der Waals surface area (Å²) < 4.78 is 5.53. The second kappa shape index (κ2) is 7.85. The first-order valence-corrected chi connectivity index (χ1v) is 9.57. The molecule has 0 radical (unpaired) electrons. The minimum atomic E-state index is -0.338. The normalized spacial score (nSPS) is 16.1. The quantitative estimate of drug-likeness (QED) is 0.518. The van der Waals surface area contributed by atoms with Crippen molar-refractivity contribution in [1.82, 2.24) is 20.4 Å². The molecule has 0 aliphatic carbocycles. The Hall–Kier alpha value is -2.77. The van der Waals surface area contributed by atoms with Crippen LogP contribution >= 0.6 is 23.4 Å². The molecule has 1 aliphatic rings. The molecule has 3 aromatic rings. The van der Waals surface area contributed by atoms with Crippen molar-refractivity contribution in [2.75, 3.05) is 5.75 Å². The maximum absolute atomic E-state index is 12.8. The summed E-state index contributed by atoms with van der Waals surface area (Å²) in [5, 5.41) is 2.79. The van der Waals surface area contributed by atoms with Crippen molar-refractivity contribution in [3.05, 3.63) is 83.5 Å². The van der Waals surface area contributed by atoms with Gasteiger partial charge in [0, 0.05) is 17.4 Å². The molecule has 3 heterocycles. The Morgan fingerprint density at radius 2 is 1.96 bits per heavy atom. The van der Waals surface area contributed by atoms with E-state index in [0.29, 0.717) is 15.9 Å². The molecule has 1 amide bonds. The van der Waals surface area contributed by atoms with Crippen LogP contribution in [-0.4, -0.2) is 26.6 Å². The molecule has 1 aliphatic heterocycles. The third-order valence-electron chi connectivity index (χ3n) is 3.97. The fourth-order valence-electron chi connectivity index (χ4n) is 2.70. The largest absolute Gasteiger partial charge is 0.467 e. The second-order valence-electron chi connectivity index (χ2n) is 5.74. The van der Waals surface area contributed by atoms with Gasteiger partial charge in [-0.05, 0) is 42.0 Å². The lowest BCUT2D eigenvalue weighted by Gasteiger charge is -2.23. The lowest BCUT2D eigenvalue weighted by Crippen LogP contribution is -2.40. The molecule has 1 N–H and O–H groups in total. The van der Waals surface area contributed by atoms with E-state index < -0.39 is 0 Å². The number of hydrogen-bond acceptors (Lipinski definition) is 6. The van der Waals surface area contributed by atoms with Gasteiger partial charge in [0.1, 0.15) is 11.8 Å². The van der Waals surface area contributed by atoms with E-state index >= 15 is 0 Å². The molecule has 6 nitrogen and oxygen atoms in total. The highest BCUT2D eigenvalue weighted by Crippen LogP contribution is 2.32. The number of nitrogens with zero attached hydrogens (tertiary/aromatic N) is 3. The number of carbonyl (C=O) groups excluding carboxylic acids is 1. The first-order chi connectivity index (χ1) is 13.2. The van der Waals surface area contributed by atoms with Gasteiger partial charge in [-0.3, -0.25) is 10.2 Å². The number of furan rings is 1. The predicted molar refractivity (Wildman–Crippen MR) is 104 cm³/mol. The Morgan fingerprint density at radius 1 is 1.19 bits per heavy atom. The minimum absolute atomic E-state index is 0.103. The van der Waals surface area contributed by atoms with Crippen LogP contribution in [0.1, 0.15) is 17.4 Å². The fourth-order valence-corrected chi connectivity index (χ4v) is 3.49. The van der Waals surface area contributed by atoms with E-state index in [2.05, 4.69) is 15.4 Å². The van der Waals surface area contributed by atoms with E-state index in [4.69, 9.17) is 16.0 Å². The molecule has 0 saturated carbocycles. The molecule has 2 aromatic heterocycles. The number of amides is 1. The average molecular weight is 399 g/mol. The maximum atomic E-state index is 12.8. The second-order valence-corrected chi connectivity index (χ2v) is 7.12. The van der Waals surface area contributed by atoms with Gasteiger partial charge in [0.05, 0.1) is 17.7 Å². The van der Waals surface area contributed by atoms with Gasteiger partial charge in [0.15, 0.2) is 5.16 Å². The summed E-state index contributed by atoms with van der Waals surface area (Å²) >= 11 is 7.26. The van der Waals surface area contributed by atoms with Crippen molar-refractivity contribution in [1.29, 1.82) is 0 Å². The monoisotopic (exact) mass is 398 g/mol. The van der Waals surface area contributed by atoms with Gasteiger partial charge < -0.3 is 4.42 Å². The van der Waals surface area contributed by atoms with Gasteiger partial charge in [0.2, 0.25) is 0 Å². The first-order valence-electron chi connectivity index (χ1n) is 8.20. The highest BCUT2D eigenvalue weighted by Gasteiger charge is 2.32. The van der Waals surface area contributed by atoms with Crippen molar-refractivity contribution >= 4 is 35.0 Å². The van der Waals surface area contributed by atoms with Gasteiger partial charge >= 0.3 is 0 Å². The van der Waals surface area contributed by atoms with Gasteiger partial charge in [0.25, 0.3) is 5.91 Å². The van der Waals surface area contributed by atoms with Crippen molar-refractivity contribution in [2.45, 2.75) is 11.2 Å². The zero-order valence-corrected chi connectivity index (χ0v) is 15.7. The van der Waals surface area contributed by atoms with E-state index in [1.165, 1.54) is 11.8 Å². The Bertz CT molecular complexity index is 946. The van der Waals surface area contributed by atoms with Gasteiger partial charge in [-0.2, -0.15) is 0 Å². The van der Waals surface area contributed by atoms with Gasteiger partial charge in [-0.15, -0.1) is 0 Å². The van der Waals surface area contributed by atoms with Gasteiger partial charge in [-0.25, -0.2) is 15.0 Å². The van der Waals surface area contributed by atoms with Crippen LogP contribution in [0.25, 0.3) is 5.70 Å². The number of benzene rings is 1. The molecule has 4 rings (SSSR count). The summed E-state index contributed by atoms with van der Waals surface area (Å²) in [4.78, 5) is 21.1. The molecule has 27 heavy (non-hydrogen) atoms. The number of carbonyl (C=O) groups is 1. The van der Waals surface area contributed by atoms with Crippen LogP contribution in [0.4, 0.5) is 0 Å². The van der Waals surface area contributed by atoms with Crippen LogP contribution in [0.2, 0.25) is 5.02 Å². The Kier molecular flexibility index (Phi) is 5.13. The highest BCUT2D eigenvalue weighted by atomic mass is 35.5. The SMILES string of the molecule is O=C(CSc1ncccn1)N1NC(c2ccc(Cl)cc2)=C[C@@H]1c1ccco1. The summed E-state index contributed by atoms with van der Waals surface area (Å²) in [6, 6.07) is 12.5. The summed E-state index contributed by atoms with van der Waals surface area (Å²) in [7, 11) is 0. The standard InChI is InChI=1S/C19H15ClN4O2S/c20-14-6-4-13(5-7-14)15-11-16(17-3-1-10-26-17)24(23-15)18(25)12-27-19-21-8-2-9-22-19/h1-11,16,23H,12H2/t16-/m1/s1. The molecule has 0 spiro atoms. The molecule has 8 heteroatoms. The molecule has 0 saturated heterocycles. The number of hydrogen-bond donors (Lipinski definition) is 1. The number of halogens is 1. The van der Waals surface area contributed by atoms with E-state index in [0.717, 1.165) is 11.3 Å². The molecule has 1 atom stereocenters. The smallest absolute Gasteiger partial charge is 0.252 e. The molecular formula is C19H15ClN4O2S. The van der Waals surface area contributed by atoms with E-state index in [-0.39, 0.29) is 17.7 Å². The number of thioether (sulfide) groups is 1. The van der Waals surface area contributed by atoms with Crippen LogP contribution in [0.5, 0.6) is 0 Å². The third-order valence-corrected chi connectivity index (χ3v) is 5.08. The zero-order chi connectivity index (χ0) is 18.6. The number of hydrazine groups is 1. The fraction of sp³-hybridized carbons (Fsp3) is 0.105. The molecule has 0 fully saturated rings. The third kappa shape index (κ3) is 3.99. The van der Waals surface area contributed by atoms with Gasteiger partial charge in [-0.1, -0.05) is 35.5 Å². The van der Waals surface area contributed by atoms with E-state index in [1.807, 2.05) is 36.4 Å². The molecule has 1 aromatic carbocycles. The van der Waals surface area contributed by atoms with Crippen molar-refractivity contribution in [3.63, 3.8) is 0 Å². The lowest BCUT2D eigenvalue weighted by molar-refractivity contribution is -0.131. The molecular weight excluding hydrogens is 384 g/mol. The van der Waals surface area contributed by atoms with Crippen LogP contribution < -0.4 is 5.43 Å². The summed E-state index contributed by atoms with van der Waals surface area (Å²) in [5.74, 6) is 0.783. The maximum Gasteiger partial charge on any atom is 0.252 e. The van der Waals surface area contributed by atoms with Crippen molar-refractivity contribution in [3.8, 4) is 0 Å². The summed E-state index contributed by atoms with van der Waals surface area (Å²) in [6.07, 6.45) is 6.86. The minimum Gasteiger partial charge on any atom is -0.467 e. The Morgan fingerprint density at radius 3 is 2.67 bits per heavy atom. The Labute approximate surface area is 165 Å².